The standard InChI is InChI=1S/C13H11FINO3S/c14-10-7-9(8-17)5-6-13(10)20(18,19)16-12-4-2-1-3-11(12)15/h1-7,16-17H,8H2. The molecule has 0 radical (unpaired) electrons. The van der Waals surface area contributed by atoms with Crippen molar-refractivity contribution in [2.24, 2.45) is 0 Å². The smallest absolute Gasteiger partial charge is 0.264 e. The van der Waals surface area contributed by atoms with Crippen LogP contribution in [-0.4, -0.2) is 13.5 Å². The van der Waals surface area contributed by atoms with Crippen LogP contribution in [0.3, 0.4) is 0 Å². The quantitative estimate of drug-likeness (QED) is 0.767. The van der Waals surface area contributed by atoms with Crippen molar-refractivity contribution in [3.63, 3.8) is 0 Å². The van der Waals surface area contributed by atoms with Crippen molar-refractivity contribution < 1.29 is 17.9 Å². The van der Waals surface area contributed by atoms with Gasteiger partial charge in [-0.2, -0.15) is 0 Å². The summed E-state index contributed by atoms with van der Waals surface area (Å²) in [5, 5.41) is 8.89. The van der Waals surface area contributed by atoms with E-state index in [1.807, 2.05) is 22.6 Å². The van der Waals surface area contributed by atoms with Crippen LogP contribution in [0.25, 0.3) is 0 Å². The van der Waals surface area contributed by atoms with Gasteiger partial charge in [0.1, 0.15) is 10.7 Å². The predicted molar refractivity (Wildman–Crippen MR) is 82.3 cm³/mol. The molecule has 2 rings (SSSR count). The summed E-state index contributed by atoms with van der Waals surface area (Å²) in [6, 6.07) is 10.3. The molecule has 106 valence electrons. The number of rotatable bonds is 4. The second-order valence-corrected chi connectivity index (χ2v) is 6.82. The van der Waals surface area contributed by atoms with Crippen LogP contribution in [0.2, 0.25) is 0 Å². The molecule has 0 aliphatic heterocycles. The first kappa shape index (κ1) is 15.2. The van der Waals surface area contributed by atoms with Gasteiger partial charge in [-0.05, 0) is 52.4 Å². The second kappa shape index (κ2) is 6.06. The van der Waals surface area contributed by atoms with E-state index in [0.717, 1.165) is 12.1 Å². The molecule has 2 aromatic rings. The number of anilines is 1. The molecule has 4 nitrogen and oxygen atoms in total. The van der Waals surface area contributed by atoms with Gasteiger partial charge in [-0.1, -0.05) is 18.2 Å². The number of para-hydroxylation sites is 1. The largest absolute Gasteiger partial charge is 0.392 e. The Bertz CT molecular complexity index is 734. The molecule has 0 aliphatic carbocycles. The van der Waals surface area contributed by atoms with Crippen molar-refractivity contribution in [3.05, 3.63) is 57.4 Å². The monoisotopic (exact) mass is 407 g/mol. The summed E-state index contributed by atoms with van der Waals surface area (Å²) in [7, 11) is -4.00. The lowest BCUT2D eigenvalue weighted by molar-refractivity contribution is 0.281. The highest BCUT2D eigenvalue weighted by Crippen LogP contribution is 2.23. The van der Waals surface area contributed by atoms with E-state index in [9.17, 15) is 12.8 Å². The second-order valence-electron chi connectivity index (χ2n) is 4.01. The fraction of sp³-hybridized carbons (Fsp3) is 0.0769. The lowest BCUT2D eigenvalue weighted by atomic mass is 10.2. The van der Waals surface area contributed by atoms with Gasteiger partial charge in [0.2, 0.25) is 0 Å². The van der Waals surface area contributed by atoms with Crippen LogP contribution in [-0.2, 0) is 16.6 Å². The van der Waals surface area contributed by atoms with Crippen LogP contribution in [0.1, 0.15) is 5.56 Å². The normalized spacial score (nSPS) is 11.3. The van der Waals surface area contributed by atoms with Gasteiger partial charge >= 0.3 is 0 Å². The Hall–Kier alpha value is -1.19. The maximum absolute atomic E-state index is 13.8. The maximum Gasteiger partial charge on any atom is 0.264 e. The summed E-state index contributed by atoms with van der Waals surface area (Å²) in [4.78, 5) is -0.450. The Labute approximate surface area is 129 Å². The number of sulfonamides is 1. The van der Waals surface area contributed by atoms with Gasteiger partial charge in [-0.3, -0.25) is 4.72 Å². The molecule has 0 amide bonds. The van der Waals surface area contributed by atoms with Gasteiger partial charge in [0.25, 0.3) is 10.0 Å². The Balaban J connectivity index is 2.39. The fourth-order valence-electron chi connectivity index (χ4n) is 1.60. The molecule has 0 heterocycles. The van der Waals surface area contributed by atoms with Gasteiger partial charge in [-0.15, -0.1) is 0 Å². The summed E-state index contributed by atoms with van der Waals surface area (Å²) in [6.07, 6.45) is 0. The third kappa shape index (κ3) is 3.28. The van der Waals surface area contributed by atoms with Gasteiger partial charge in [0, 0.05) is 3.57 Å². The molecule has 0 bridgehead atoms. The fourth-order valence-corrected chi connectivity index (χ4v) is 3.45. The van der Waals surface area contributed by atoms with Gasteiger partial charge in [0.15, 0.2) is 0 Å². The molecular formula is C13H11FINO3S. The molecule has 0 saturated carbocycles. The summed E-state index contributed by atoms with van der Waals surface area (Å²) in [6.45, 7) is -0.346. The van der Waals surface area contributed by atoms with Gasteiger partial charge in [-0.25, -0.2) is 12.8 Å². The zero-order chi connectivity index (χ0) is 14.8. The lowest BCUT2D eigenvalue weighted by Gasteiger charge is -2.10. The molecule has 7 heteroatoms. The minimum Gasteiger partial charge on any atom is -0.392 e. The van der Waals surface area contributed by atoms with E-state index in [-0.39, 0.29) is 6.61 Å². The average Bonchev–Trinajstić information content (AvgIpc) is 2.40. The first-order valence-electron chi connectivity index (χ1n) is 5.60. The minimum atomic E-state index is -4.00. The molecule has 2 N–H and O–H groups in total. The molecule has 0 fully saturated rings. The first-order chi connectivity index (χ1) is 9.44. The number of hydrogen-bond donors (Lipinski definition) is 2. The number of halogens is 2. The summed E-state index contributed by atoms with van der Waals surface area (Å²) < 4.78 is 41.2. The van der Waals surface area contributed by atoms with Crippen LogP contribution in [0.5, 0.6) is 0 Å². The van der Waals surface area contributed by atoms with Crippen molar-refractivity contribution in [2.75, 3.05) is 4.72 Å². The zero-order valence-electron chi connectivity index (χ0n) is 10.2. The van der Waals surface area contributed by atoms with E-state index in [4.69, 9.17) is 5.11 Å². The van der Waals surface area contributed by atoms with Crippen LogP contribution < -0.4 is 4.72 Å². The van der Waals surface area contributed by atoms with Gasteiger partial charge < -0.3 is 5.11 Å². The van der Waals surface area contributed by atoms with Crippen molar-refractivity contribution >= 4 is 38.3 Å². The number of aliphatic hydroxyl groups is 1. The summed E-state index contributed by atoms with van der Waals surface area (Å²) in [5.74, 6) is -0.894. The Kier molecular flexibility index (Phi) is 4.61. The third-order valence-corrected chi connectivity index (χ3v) is 4.93. The number of nitrogens with one attached hydrogen (secondary N) is 1. The van der Waals surface area contributed by atoms with Crippen molar-refractivity contribution in [3.8, 4) is 0 Å². The summed E-state index contributed by atoms with van der Waals surface area (Å²) in [5.41, 5.74) is 0.703. The van der Waals surface area contributed by atoms with E-state index < -0.39 is 20.7 Å². The predicted octanol–water partition coefficient (Wildman–Crippen LogP) is 2.72. The minimum absolute atomic E-state index is 0.316. The molecule has 2 aromatic carbocycles. The van der Waals surface area contributed by atoms with Crippen LogP contribution in [0.4, 0.5) is 10.1 Å². The van der Waals surface area contributed by atoms with E-state index >= 15 is 0 Å². The Morgan fingerprint density at radius 1 is 1.20 bits per heavy atom. The number of benzene rings is 2. The number of aliphatic hydroxyl groups excluding tert-OH is 1. The summed E-state index contributed by atoms with van der Waals surface area (Å²) >= 11 is 1.99. The molecule has 0 aromatic heterocycles. The molecule has 0 saturated heterocycles. The molecule has 20 heavy (non-hydrogen) atoms. The highest BCUT2D eigenvalue weighted by Gasteiger charge is 2.20. The molecule has 0 spiro atoms. The average molecular weight is 407 g/mol. The third-order valence-electron chi connectivity index (χ3n) is 2.59. The SMILES string of the molecule is O=S(=O)(Nc1ccccc1I)c1ccc(CO)cc1F. The Morgan fingerprint density at radius 2 is 1.90 bits per heavy atom. The first-order valence-corrected chi connectivity index (χ1v) is 8.17. The van der Waals surface area contributed by atoms with Crippen molar-refractivity contribution in [1.82, 2.24) is 0 Å². The van der Waals surface area contributed by atoms with Crippen LogP contribution in [0.15, 0.2) is 47.4 Å². The number of hydrogen-bond acceptors (Lipinski definition) is 3. The maximum atomic E-state index is 13.8. The molecule has 0 aliphatic rings. The zero-order valence-corrected chi connectivity index (χ0v) is 13.2. The molecule has 0 atom stereocenters. The van der Waals surface area contributed by atoms with Crippen molar-refractivity contribution in [2.45, 2.75) is 11.5 Å². The van der Waals surface area contributed by atoms with E-state index in [1.54, 1.807) is 24.3 Å². The van der Waals surface area contributed by atoms with Crippen molar-refractivity contribution in [1.29, 1.82) is 0 Å². The Morgan fingerprint density at radius 3 is 2.50 bits per heavy atom. The topological polar surface area (TPSA) is 66.4 Å². The molecular weight excluding hydrogens is 396 g/mol. The van der Waals surface area contributed by atoms with Gasteiger partial charge in [0.05, 0.1) is 12.3 Å². The van der Waals surface area contributed by atoms with E-state index in [0.29, 0.717) is 14.8 Å². The van der Waals surface area contributed by atoms with Crippen LogP contribution in [0, 0.1) is 9.39 Å². The highest BCUT2D eigenvalue weighted by molar-refractivity contribution is 14.1. The van der Waals surface area contributed by atoms with E-state index in [1.165, 1.54) is 6.07 Å². The van der Waals surface area contributed by atoms with E-state index in [2.05, 4.69) is 4.72 Å². The van der Waals surface area contributed by atoms with Crippen LogP contribution >= 0.6 is 22.6 Å². The highest BCUT2D eigenvalue weighted by atomic mass is 127. The molecule has 0 unspecified atom stereocenters. The lowest BCUT2D eigenvalue weighted by Crippen LogP contribution is -2.15.